The van der Waals surface area contributed by atoms with Crippen molar-refractivity contribution in [1.82, 2.24) is 15.2 Å². The third-order valence-electron chi connectivity index (χ3n) is 2.85. The molecule has 0 amide bonds. The molecule has 0 bridgehead atoms. The van der Waals surface area contributed by atoms with Crippen LogP contribution in [0.1, 0.15) is 36.3 Å². The minimum absolute atomic E-state index is 0.134. The van der Waals surface area contributed by atoms with E-state index in [1.807, 2.05) is 0 Å². The van der Waals surface area contributed by atoms with Crippen LogP contribution < -0.4 is 5.32 Å². The van der Waals surface area contributed by atoms with E-state index >= 15 is 0 Å². The Bertz CT molecular complexity index is 571. The SMILES string of the molecule is CN(Cc1csc(CNC(C)(C)C)n1)Cc1cc(Br)cs1. The molecular formula is C15H22BrN3S2. The number of rotatable bonds is 6. The second-order valence-electron chi connectivity index (χ2n) is 6.24. The highest BCUT2D eigenvalue weighted by Crippen LogP contribution is 2.21. The normalized spacial score (nSPS) is 12.3. The molecule has 0 unspecified atom stereocenters. The summed E-state index contributed by atoms with van der Waals surface area (Å²) in [5.41, 5.74) is 1.29. The van der Waals surface area contributed by atoms with Gasteiger partial charge in [0.1, 0.15) is 5.01 Å². The number of aromatic nitrogens is 1. The average molecular weight is 388 g/mol. The fraction of sp³-hybridized carbons (Fsp3) is 0.533. The summed E-state index contributed by atoms with van der Waals surface area (Å²) in [7, 11) is 2.14. The average Bonchev–Trinajstić information content (AvgIpc) is 2.95. The number of hydrogen-bond acceptors (Lipinski definition) is 5. The van der Waals surface area contributed by atoms with Gasteiger partial charge >= 0.3 is 0 Å². The van der Waals surface area contributed by atoms with E-state index < -0.39 is 0 Å². The summed E-state index contributed by atoms with van der Waals surface area (Å²) < 4.78 is 1.17. The Morgan fingerprint density at radius 2 is 2.00 bits per heavy atom. The van der Waals surface area contributed by atoms with Crippen molar-refractivity contribution in [2.24, 2.45) is 0 Å². The molecule has 116 valence electrons. The Kier molecular flexibility index (Phi) is 5.96. The fourth-order valence-corrected chi connectivity index (χ4v) is 4.13. The molecule has 0 radical (unpaired) electrons. The maximum Gasteiger partial charge on any atom is 0.107 e. The van der Waals surface area contributed by atoms with Gasteiger partial charge in [0.15, 0.2) is 0 Å². The fourth-order valence-electron chi connectivity index (χ4n) is 1.88. The van der Waals surface area contributed by atoms with E-state index in [2.05, 4.69) is 70.8 Å². The van der Waals surface area contributed by atoms with Gasteiger partial charge in [-0.1, -0.05) is 0 Å². The first kappa shape index (κ1) is 17.1. The van der Waals surface area contributed by atoms with Crippen molar-refractivity contribution in [3.63, 3.8) is 0 Å². The molecule has 0 saturated heterocycles. The second-order valence-corrected chi connectivity index (χ2v) is 9.09. The van der Waals surface area contributed by atoms with Gasteiger partial charge in [-0.2, -0.15) is 0 Å². The van der Waals surface area contributed by atoms with E-state index in [-0.39, 0.29) is 5.54 Å². The minimum atomic E-state index is 0.134. The van der Waals surface area contributed by atoms with Crippen molar-refractivity contribution < 1.29 is 0 Å². The quantitative estimate of drug-likeness (QED) is 0.791. The van der Waals surface area contributed by atoms with Crippen LogP contribution in [0.25, 0.3) is 0 Å². The molecule has 0 aliphatic heterocycles. The van der Waals surface area contributed by atoms with Gasteiger partial charge in [-0.05, 0) is 49.8 Å². The predicted octanol–water partition coefficient (Wildman–Crippen LogP) is 4.49. The van der Waals surface area contributed by atoms with Crippen LogP contribution in [0.3, 0.4) is 0 Å². The Labute approximate surface area is 143 Å². The topological polar surface area (TPSA) is 28.2 Å². The van der Waals surface area contributed by atoms with Crippen molar-refractivity contribution in [2.45, 2.75) is 45.9 Å². The first-order valence-corrected chi connectivity index (χ1v) is 9.47. The molecule has 2 heterocycles. The van der Waals surface area contributed by atoms with Crippen molar-refractivity contribution >= 4 is 38.6 Å². The standard InChI is InChI=1S/C15H22BrN3S2/c1-15(2,3)17-6-14-18-12(10-21-14)7-19(4)8-13-5-11(16)9-20-13/h5,9-10,17H,6-8H2,1-4H3. The van der Waals surface area contributed by atoms with Gasteiger partial charge in [0.25, 0.3) is 0 Å². The Morgan fingerprint density at radius 3 is 2.62 bits per heavy atom. The lowest BCUT2D eigenvalue weighted by molar-refractivity contribution is 0.318. The van der Waals surface area contributed by atoms with E-state index in [4.69, 9.17) is 4.98 Å². The maximum atomic E-state index is 4.71. The first-order chi connectivity index (χ1) is 9.82. The Balaban J connectivity index is 1.84. The maximum absolute atomic E-state index is 4.71. The molecule has 2 aromatic heterocycles. The number of thiazole rings is 1. The van der Waals surface area contributed by atoms with Crippen LogP contribution in [-0.2, 0) is 19.6 Å². The Hall–Kier alpha value is -0.270. The highest BCUT2D eigenvalue weighted by molar-refractivity contribution is 9.10. The molecule has 0 fully saturated rings. The molecule has 2 rings (SSSR count). The second kappa shape index (κ2) is 7.33. The largest absolute Gasteiger partial charge is 0.306 e. The molecule has 0 aliphatic carbocycles. The van der Waals surface area contributed by atoms with Crippen LogP contribution in [0.5, 0.6) is 0 Å². The lowest BCUT2D eigenvalue weighted by atomic mass is 10.1. The van der Waals surface area contributed by atoms with E-state index in [0.29, 0.717) is 0 Å². The van der Waals surface area contributed by atoms with E-state index in [1.54, 1.807) is 22.7 Å². The van der Waals surface area contributed by atoms with Crippen LogP contribution in [0.4, 0.5) is 0 Å². The zero-order valence-corrected chi connectivity index (χ0v) is 16.2. The summed E-state index contributed by atoms with van der Waals surface area (Å²) in [6, 6.07) is 2.18. The zero-order chi connectivity index (χ0) is 15.5. The van der Waals surface area contributed by atoms with Gasteiger partial charge in [0, 0.05) is 45.3 Å². The van der Waals surface area contributed by atoms with Crippen LogP contribution in [0.15, 0.2) is 21.3 Å². The summed E-state index contributed by atoms with van der Waals surface area (Å²) in [4.78, 5) is 8.38. The molecule has 3 nitrogen and oxygen atoms in total. The van der Waals surface area contributed by atoms with Crippen molar-refractivity contribution in [1.29, 1.82) is 0 Å². The van der Waals surface area contributed by atoms with E-state index in [0.717, 1.165) is 30.3 Å². The van der Waals surface area contributed by atoms with Crippen molar-refractivity contribution in [2.75, 3.05) is 7.05 Å². The molecule has 2 aromatic rings. The Morgan fingerprint density at radius 1 is 1.24 bits per heavy atom. The number of thiophene rings is 1. The minimum Gasteiger partial charge on any atom is -0.306 e. The molecule has 0 atom stereocenters. The lowest BCUT2D eigenvalue weighted by Gasteiger charge is -2.19. The van der Waals surface area contributed by atoms with Crippen molar-refractivity contribution in [3.8, 4) is 0 Å². The third-order valence-corrected chi connectivity index (χ3v) is 5.43. The number of hydrogen-bond donors (Lipinski definition) is 1. The van der Waals surface area contributed by atoms with Gasteiger partial charge < -0.3 is 5.32 Å². The van der Waals surface area contributed by atoms with Gasteiger partial charge in [-0.25, -0.2) is 4.98 Å². The summed E-state index contributed by atoms with van der Waals surface area (Å²) in [6.07, 6.45) is 0. The van der Waals surface area contributed by atoms with Crippen LogP contribution in [0.2, 0.25) is 0 Å². The molecule has 0 spiro atoms. The monoisotopic (exact) mass is 387 g/mol. The molecule has 21 heavy (non-hydrogen) atoms. The molecule has 0 aliphatic rings. The first-order valence-electron chi connectivity index (χ1n) is 6.91. The summed E-state index contributed by atoms with van der Waals surface area (Å²) in [5.74, 6) is 0. The third kappa shape index (κ3) is 6.16. The summed E-state index contributed by atoms with van der Waals surface area (Å²) in [5, 5.41) is 8.93. The highest BCUT2D eigenvalue weighted by atomic mass is 79.9. The van der Waals surface area contributed by atoms with Gasteiger partial charge in [0.2, 0.25) is 0 Å². The predicted molar refractivity (Wildman–Crippen MR) is 95.9 cm³/mol. The molecule has 0 aromatic carbocycles. The van der Waals surface area contributed by atoms with Gasteiger partial charge in [-0.3, -0.25) is 4.90 Å². The van der Waals surface area contributed by atoms with Crippen LogP contribution in [0, 0.1) is 0 Å². The van der Waals surface area contributed by atoms with Gasteiger partial charge in [0.05, 0.1) is 5.69 Å². The van der Waals surface area contributed by atoms with Gasteiger partial charge in [-0.15, -0.1) is 22.7 Å². The summed E-state index contributed by atoms with van der Waals surface area (Å²) in [6.45, 7) is 9.22. The number of nitrogens with zero attached hydrogens (tertiary/aromatic N) is 2. The van der Waals surface area contributed by atoms with Crippen molar-refractivity contribution in [3.05, 3.63) is 36.9 Å². The molecule has 6 heteroatoms. The summed E-state index contributed by atoms with van der Waals surface area (Å²) >= 11 is 7.03. The van der Waals surface area contributed by atoms with E-state index in [1.165, 1.54) is 9.35 Å². The zero-order valence-electron chi connectivity index (χ0n) is 12.9. The highest BCUT2D eigenvalue weighted by Gasteiger charge is 2.11. The molecule has 0 saturated carbocycles. The van der Waals surface area contributed by atoms with Crippen LogP contribution >= 0.6 is 38.6 Å². The smallest absolute Gasteiger partial charge is 0.107 e. The number of halogens is 1. The lowest BCUT2D eigenvalue weighted by Crippen LogP contribution is -2.35. The van der Waals surface area contributed by atoms with Crippen LogP contribution in [-0.4, -0.2) is 22.5 Å². The molecular weight excluding hydrogens is 366 g/mol. The van der Waals surface area contributed by atoms with E-state index in [9.17, 15) is 0 Å². The number of nitrogens with one attached hydrogen (secondary N) is 1. The molecule has 1 N–H and O–H groups in total.